The minimum absolute atomic E-state index is 0.00237. The van der Waals surface area contributed by atoms with Crippen molar-refractivity contribution in [3.63, 3.8) is 0 Å². The lowest BCUT2D eigenvalue weighted by atomic mass is 9.79. The lowest BCUT2D eigenvalue weighted by Gasteiger charge is -2.39. The Labute approximate surface area is 137 Å². The van der Waals surface area contributed by atoms with E-state index < -0.39 is 0 Å². The van der Waals surface area contributed by atoms with E-state index in [1.165, 1.54) is 0 Å². The summed E-state index contributed by atoms with van der Waals surface area (Å²) in [4.78, 5) is 17.0. The van der Waals surface area contributed by atoms with E-state index in [2.05, 4.69) is 10.3 Å². The van der Waals surface area contributed by atoms with Crippen LogP contribution >= 0.6 is 0 Å². The molecule has 1 aromatic heterocycles. The van der Waals surface area contributed by atoms with E-state index in [4.69, 9.17) is 9.47 Å². The molecular weight excluding hydrogens is 292 g/mol. The van der Waals surface area contributed by atoms with Gasteiger partial charge in [0.15, 0.2) is 0 Å². The van der Waals surface area contributed by atoms with Gasteiger partial charge in [-0.25, -0.2) is 0 Å². The van der Waals surface area contributed by atoms with E-state index >= 15 is 0 Å². The zero-order valence-electron chi connectivity index (χ0n) is 14.0. The van der Waals surface area contributed by atoms with Gasteiger partial charge in [-0.1, -0.05) is 0 Å². The molecule has 0 saturated carbocycles. The highest BCUT2D eigenvalue weighted by Gasteiger charge is 2.34. The van der Waals surface area contributed by atoms with Gasteiger partial charge < -0.3 is 14.8 Å². The number of nitrogens with one attached hydrogen (secondary N) is 1. The van der Waals surface area contributed by atoms with E-state index in [-0.39, 0.29) is 11.9 Å². The Morgan fingerprint density at radius 3 is 2.43 bits per heavy atom. The van der Waals surface area contributed by atoms with Gasteiger partial charge in [-0.3, -0.25) is 9.78 Å². The van der Waals surface area contributed by atoms with Crippen molar-refractivity contribution in [3.8, 4) is 0 Å². The minimum atomic E-state index is 0.00237. The first-order chi connectivity index (χ1) is 11.1. The van der Waals surface area contributed by atoms with E-state index in [9.17, 15) is 4.79 Å². The summed E-state index contributed by atoms with van der Waals surface area (Å²) in [6.07, 6.45) is 3.01. The maximum atomic E-state index is 12.6. The van der Waals surface area contributed by atoms with Crippen LogP contribution in [0.5, 0.6) is 0 Å². The number of pyridine rings is 1. The first kappa shape index (κ1) is 16.4. The van der Waals surface area contributed by atoms with Crippen molar-refractivity contribution >= 4 is 5.91 Å². The first-order valence-electron chi connectivity index (χ1n) is 8.55. The molecule has 0 spiro atoms. The van der Waals surface area contributed by atoms with Crippen molar-refractivity contribution in [2.24, 2.45) is 11.8 Å². The first-order valence-corrected chi connectivity index (χ1v) is 8.55. The summed E-state index contributed by atoms with van der Waals surface area (Å²) in [7, 11) is 0. The molecule has 0 radical (unpaired) electrons. The fourth-order valence-electron chi connectivity index (χ4n) is 3.77. The quantitative estimate of drug-likeness (QED) is 0.929. The fourth-order valence-corrected chi connectivity index (χ4v) is 3.77. The Balaban J connectivity index is 1.69. The molecule has 126 valence electrons. The third kappa shape index (κ3) is 4.09. The van der Waals surface area contributed by atoms with E-state index in [0.29, 0.717) is 17.4 Å². The second kappa shape index (κ2) is 7.41. The third-order valence-corrected chi connectivity index (χ3v) is 4.93. The van der Waals surface area contributed by atoms with Crippen molar-refractivity contribution in [1.82, 2.24) is 10.3 Å². The highest BCUT2D eigenvalue weighted by atomic mass is 16.5. The molecule has 23 heavy (non-hydrogen) atoms. The van der Waals surface area contributed by atoms with Crippen molar-refractivity contribution < 1.29 is 14.3 Å². The van der Waals surface area contributed by atoms with Crippen LogP contribution in [0.15, 0.2) is 12.1 Å². The molecular formula is C18H26N2O3. The molecule has 0 aliphatic carbocycles. The van der Waals surface area contributed by atoms with Crippen LogP contribution in [0.2, 0.25) is 0 Å². The second-order valence-electron chi connectivity index (χ2n) is 6.70. The zero-order chi connectivity index (χ0) is 16.2. The molecule has 2 atom stereocenters. The predicted octanol–water partition coefficient (Wildman–Crippen LogP) is 2.26. The maximum Gasteiger partial charge on any atom is 0.251 e. The van der Waals surface area contributed by atoms with Gasteiger partial charge in [-0.15, -0.1) is 0 Å². The number of amides is 1. The van der Waals surface area contributed by atoms with Crippen LogP contribution in [0.3, 0.4) is 0 Å². The Morgan fingerprint density at radius 2 is 1.74 bits per heavy atom. The summed E-state index contributed by atoms with van der Waals surface area (Å²) in [6, 6.07) is 3.89. The van der Waals surface area contributed by atoms with Crippen LogP contribution < -0.4 is 5.32 Å². The molecule has 2 aliphatic heterocycles. The molecule has 1 aromatic rings. The van der Waals surface area contributed by atoms with Crippen molar-refractivity contribution in [3.05, 3.63) is 29.1 Å². The Hall–Kier alpha value is -1.46. The topological polar surface area (TPSA) is 60.5 Å². The monoisotopic (exact) mass is 318 g/mol. The number of hydrogen-bond donors (Lipinski definition) is 1. The lowest BCUT2D eigenvalue weighted by molar-refractivity contribution is -0.0259. The second-order valence-corrected chi connectivity index (χ2v) is 6.70. The highest BCUT2D eigenvalue weighted by molar-refractivity contribution is 5.94. The molecule has 1 amide bonds. The molecule has 2 aliphatic rings. The van der Waals surface area contributed by atoms with Gasteiger partial charge in [0, 0.05) is 48.7 Å². The smallest absolute Gasteiger partial charge is 0.251 e. The van der Waals surface area contributed by atoms with Gasteiger partial charge in [-0.2, -0.15) is 0 Å². The number of aromatic nitrogens is 1. The summed E-state index contributed by atoms with van der Waals surface area (Å²) in [6.45, 7) is 6.95. The Kier molecular flexibility index (Phi) is 5.28. The minimum Gasteiger partial charge on any atom is -0.381 e. The number of aryl methyl sites for hydroxylation is 2. The molecule has 0 aromatic carbocycles. The van der Waals surface area contributed by atoms with Crippen molar-refractivity contribution in [2.45, 2.75) is 39.2 Å². The average molecular weight is 318 g/mol. The zero-order valence-corrected chi connectivity index (χ0v) is 14.0. The predicted molar refractivity (Wildman–Crippen MR) is 87.4 cm³/mol. The van der Waals surface area contributed by atoms with Gasteiger partial charge in [0.25, 0.3) is 5.91 Å². The molecule has 5 heteroatoms. The van der Waals surface area contributed by atoms with Gasteiger partial charge in [0.05, 0.1) is 6.61 Å². The van der Waals surface area contributed by atoms with Crippen LogP contribution in [-0.2, 0) is 9.47 Å². The van der Waals surface area contributed by atoms with Gasteiger partial charge >= 0.3 is 0 Å². The molecule has 0 unspecified atom stereocenters. The third-order valence-electron chi connectivity index (χ3n) is 4.93. The number of rotatable bonds is 3. The Bertz CT molecular complexity index is 535. The summed E-state index contributed by atoms with van der Waals surface area (Å²) < 4.78 is 11.2. The normalized spacial score (nSPS) is 26.0. The SMILES string of the molecule is Cc1cc(C(=O)N[C@H]2CCOC[C@H]2C2CCOCC2)cc(C)n1. The maximum absolute atomic E-state index is 12.6. The average Bonchev–Trinajstić information content (AvgIpc) is 2.55. The summed E-state index contributed by atoms with van der Waals surface area (Å²) in [5, 5.41) is 3.25. The summed E-state index contributed by atoms with van der Waals surface area (Å²) >= 11 is 0. The van der Waals surface area contributed by atoms with E-state index in [1.54, 1.807) is 0 Å². The Morgan fingerprint density at radius 1 is 1.09 bits per heavy atom. The molecule has 3 rings (SSSR count). The van der Waals surface area contributed by atoms with Crippen LogP contribution in [0, 0.1) is 25.7 Å². The van der Waals surface area contributed by atoms with E-state index in [0.717, 1.165) is 57.1 Å². The lowest BCUT2D eigenvalue weighted by Crippen LogP contribution is -2.49. The molecule has 5 nitrogen and oxygen atoms in total. The van der Waals surface area contributed by atoms with Crippen LogP contribution in [0.4, 0.5) is 0 Å². The molecule has 3 heterocycles. The molecule has 2 fully saturated rings. The number of hydrogen-bond acceptors (Lipinski definition) is 4. The van der Waals surface area contributed by atoms with Gasteiger partial charge in [0.1, 0.15) is 0 Å². The number of carbonyl (C=O) groups excluding carboxylic acids is 1. The molecule has 1 N–H and O–H groups in total. The van der Waals surface area contributed by atoms with Crippen molar-refractivity contribution in [2.75, 3.05) is 26.4 Å². The summed E-state index contributed by atoms with van der Waals surface area (Å²) in [5.41, 5.74) is 2.46. The van der Waals surface area contributed by atoms with E-state index in [1.807, 2.05) is 26.0 Å². The van der Waals surface area contributed by atoms with Crippen LogP contribution in [-0.4, -0.2) is 43.4 Å². The van der Waals surface area contributed by atoms with Crippen molar-refractivity contribution in [1.29, 1.82) is 0 Å². The standard InChI is InChI=1S/C18H26N2O3/c1-12-9-15(10-13(2)19-12)18(21)20-17-5-8-23-11-16(17)14-3-6-22-7-4-14/h9-10,14,16-17H,3-8,11H2,1-2H3,(H,20,21)/t16-,17-/m0/s1. The van der Waals surface area contributed by atoms with Crippen LogP contribution in [0.25, 0.3) is 0 Å². The van der Waals surface area contributed by atoms with Gasteiger partial charge in [-0.05, 0) is 51.2 Å². The molecule has 2 saturated heterocycles. The largest absolute Gasteiger partial charge is 0.381 e. The summed E-state index contributed by atoms with van der Waals surface area (Å²) in [5.74, 6) is 0.971. The highest BCUT2D eigenvalue weighted by Crippen LogP contribution is 2.30. The number of nitrogens with zero attached hydrogens (tertiary/aromatic N) is 1. The van der Waals surface area contributed by atoms with Crippen LogP contribution in [0.1, 0.15) is 41.0 Å². The fraction of sp³-hybridized carbons (Fsp3) is 0.667. The van der Waals surface area contributed by atoms with Gasteiger partial charge in [0.2, 0.25) is 0 Å². The molecule has 0 bridgehead atoms. The number of carbonyl (C=O) groups is 1. The number of ether oxygens (including phenoxy) is 2.